The zero-order chi connectivity index (χ0) is 19.8. The molecule has 0 amide bonds. The minimum absolute atomic E-state index is 0.0352. The average Bonchev–Trinajstić information content (AvgIpc) is 2.56. The van der Waals surface area contributed by atoms with Gasteiger partial charge in [0.1, 0.15) is 17.3 Å². The highest BCUT2D eigenvalue weighted by Gasteiger charge is 2.31. The van der Waals surface area contributed by atoms with Gasteiger partial charge in [0.2, 0.25) is 5.95 Å². The molecular weight excluding hydrogens is 372 g/mol. The van der Waals surface area contributed by atoms with Crippen LogP contribution in [0.4, 0.5) is 38.0 Å². The predicted molar refractivity (Wildman–Crippen MR) is 86.5 cm³/mol. The fourth-order valence-electron chi connectivity index (χ4n) is 2.35. The third kappa shape index (κ3) is 4.18. The molecular formula is C18H10F6N3. The number of nitrogens with zero attached hydrogens (tertiary/aromatic N) is 2. The summed E-state index contributed by atoms with van der Waals surface area (Å²) >= 11 is 0. The smallest absolute Gasteiger partial charge is 0.324 e. The topological polar surface area (TPSA) is 37.8 Å². The number of halogens is 6. The van der Waals surface area contributed by atoms with Gasteiger partial charge in [0.05, 0.1) is 11.8 Å². The molecule has 0 aliphatic heterocycles. The number of benzene rings is 2. The Morgan fingerprint density at radius 3 is 2.33 bits per heavy atom. The zero-order valence-corrected chi connectivity index (χ0v) is 13.4. The lowest BCUT2D eigenvalue weighted by atomic mass is 10.1. The maximum atomic E-state index is 14.0. The number of hydrogen-bond donors (Lipinski definition) is 1. The van der Waals surface area contributed by atoms with Gasteiger partial charge in [-0.15, -0.1) is 0 Å². The summed E-state index contributed by atoms with van der Waals surface area (Å²) in [6.45, 7) is 3.47. The van der Waals surface area contributed by atoms with Crippen molar-refractivity contribution >= 4 is 11.6 Å². The van der Waals surface area contributed by atoms with Gasteiger partial charge < -0.3 is 5.32 Å². The average molecular weight is 382 g/mol. The van der Waals surface area contributed by atoms with Crippen molar-refractivity contribution in [2.75, 3.05) is 5.32 Å². The molecule has 0 bridgehead atoms. The molecule has 0 aliphatic carbocycles. The zero-order valence-electron chi connectivity index (χ0n) is 13.4. The third-order valence-corrected chi connectivity index (χ3v) is 3.51. The summed E-state index contributed by atoms with van der Waals surface area (Å²) < 4.78 is 79.6. The van der Waals surface area contributed by atoms with E-state index in [-0.39, 0.29) is 22.8 Å². The molecule has 0 saturated heterocycles. The summed E-state index contributed by atoms with van der Waals surface area (Å²) in [6.07, 6.45) is -3.86. The van der Waals surface area contributed by atoms with Gasteiger partial charge in [0.15, 0.2) is 5.82 Å². The van der Waals surface area contributed by atoms with Crippen LogP contribution in [0.5, 0.6) is 0 Å². The molecule has 27 heavy (non-hydrogen) atoms. The van der Waals surface area contributed by atoms with Crippen molar-refractivity contribution in [1.29, 1.82) is 0 Å². The molecule has 0 spiro atoms. The lowest BCUT2D eigenvalue weighted by Crippen LogP contribution is -2.07. The van der Waals surface area contributed by atoms with Crippen LogP contribution in [0.15, 0.2) is 42.6 Å². The quantitative estimate of drug-likeness (QED) is 0.608. The first-order valence-corrected chi connectivity index (χ1v) is 7.43. The van der Waals surface area contributed by atoms with E-state index < -0.39 is 34.9 Å². The van der Waals surface area contributed by atoms with Crippen LogP contribution in [0.25, 0.3) is 11.3 Å². The monoisotopic (exact) mass is 382 g/mol. The first-order valence-electron chi connectivity index (χ1n) is 7.43. The fourth-order valence-corrected chi connectivity index (χ4v) is 2.35. The maximum absolute atomic E-state index is 14.0. The van der Waals surface area contributed by atoms with Crippen LogP contribution in [0.2, 0.25) is 0 Å². The second kappa shape index (κ2) is 6.90. The number of nitrogens with one attached hydrogen (secondary N) is 1. The molecule has 1 radical (unpaired) electrons. The summed E-state index contributed by atoms with van der Waals surface area (Å²) in [6, 6.07) is 5.45. The Kier molecular flexibility index (Phi) is 4.77. The van der Waals surface area contributed by atoms with Crippen molar-refractivity contribution in [1.82, 2.24) is 9.97 Å². The van der Waals surface area contributed by atoms with Crippen LogP contribution >= 0.6 is 0 Å². The van der Waals surface area contributed by atoms with Gasteiger partial charge in [0.25, 0.3) is 0 Å². The molecule has 9 heteroatoms. The normalized spacial score (nSPS) is 11.5. The fraction of sp³-hybridized carbons (Fsp3) is 0.0556. The van der Waals surface area contributed by atoms with Gasteiger partial charge in [-0.1, -0.05) is 0 Å². The van der Waals surface area contributed by atoms with E-state index in [1.54, 1.807) is 0 Å². The minimum atomic E-state index is -4.59. The number of hydrogen-bond acceptors (Lipinski definition) is 3. The molecule has 0 aliphatic rings. The molecule has 139 valence electrons. The van der Waals surface area contributed by atoms with Crippen molar-refractivity contribution in [3.8, 4) is 11.3 Å². The van der Waals surface area contributed by atoms with Gasteiger partial charge in [0, 0.05) is 17.3 Å². The van der Waals surface area contributed by atoms with Crippen LogP contribution in [0.3, 0.4) is 0 Å². The van der Waals surface area contributed by atoms with Crippen molar-refractivity contribution in [2.45, 2.75) is 6.18 Å². The van der Waals surface area contributed by atoms with Crippen LogP contribution in [0.1, 0.15) is 11.1 Å². The first kappa shape index (κ1) is 18.7. The van der Waals surface area contributed by atoms with Gasteiger partial charge in [-0.05, 0) is 42.8 Å². The SMILES string of the molecule is [CH2]c1cc(Nc2ncc(F)c(-c3ccc(F)cc3F)n2)cc(C(F)(F)F)c1. The van der Waals surface area contributed by atoms with Crippen LogP contribution in [0, 0.1) is 24.4 Å². The third-order valence-electron chi connectivity index (χ3n) is 3.51. The lowest BCUT2D eigenvalue weighted by Gasteiger charge is -2.12. The van der Waals surface area contributed by atoms with Crippen molar-refractivity contribution in [3.05, 3.63) is 78.1 Å². The molecule has 2 aromatic carbocycles. The lowest BCUT2D eigenvalue weighted by molar-refractivity contribution is -0.137. The van der Waals surface area contributed by atoms with Crippen LogP contribution in [-0.4, -0.2) is 9.97 Å². The molecule has 3 nitrogen and oxygen atoms in total. The van der Waals surface area contributed by atoms with Gasteiger partial charge in [-0.3, -0.25) is 0 Å². The minimum Gasteiger partial charge on any atom is -0.324 e. The highest BCUT2D eigenvalue weighted by Crippen LogP contribution is 2.32. The summed E-state index contributed by atoms with van der Waals surface area (Å²) in [7, 11) is 0. The Hall–Kier alpha value is -3.10. The molecule has 0 atom stereocenters. The van der Waals surface area contributed by atoms with E-state index in [2.05, 4.69) is 22.2 Å². The van der Waals surface area contributed by atoms with Crippen molar-refractivity contribution in [2.24, 2.45) is 0 Å². The Morgan fingerprint density at radius 2 is 1.67 bits per heavy atom. The summed E-state index contributed by atoms with van der Waals surface area (Å²) in [5.41, 5.74) is -1.68. The largest absolute Gasteiger partial charge is 0.416 e. The van der Waals surface area contributed by atoms with Crippen molar-refractivity contribution < 1.29 is 26.3 Å². The van der Waals surface area contributed by atoms with E-state index >= 15 is 0 Å². The molecule has 3 rings (SSSR count). The Labute approximate surface area is 149 Å². The van der Waals surface area contributed by atoms with Gasteiger partial charge in [-0.25, -0.2) is 23.1 Å². The van der Waals surface area contributed by atoms with Crippen LogP contribution in [-0.2, 0) is 6.18 Å². The predicted octanol–water partition coefficient (Wildman–Crippen LogP) is 5.51. The molecule has 1 heterocycles. The highest BCUT2D eigenvalue weighted by molar-refractivity contribution is 5.64. The Balaban J connectivity index is 1.99. The molecule has 0 fully saturated rings. The highest BCUT2D eigenvalue weighted by atomic mass is 19.4. The molecule has 0 saturated carbocycles. The van der Waals surface area contributed by atoms with E-state index in [9.17, 15) is 26.3 Å². The van der Waals surface area contributed by atoms with Crippen LogP contribution < -0.4 is 5.32 Å². The summed E-state index contributed by atoms with van der Waals surface area (Å²) in [5, 5.41) is 2.50. The summed E-state index contributed by atoms with van der Waals surface area (Å²) in [5.74, 6) is -3.14. The van der Waals surface area contributed by atoms with Gasteiger partial charge >= 0.3 is 6.18 Å². The van der Waals surface area contributed by atoms with Gasteiger partial charge in [-0.2, -0.15) is 13.2 Å². The molecule has 3 aromatic rings. The maximum Gasteiger partial charge on any atom is 0.416 e. The standard InChI is InChI=1S/C18H10F6N3/c1-9-4-10(18(22,23)24)6-12(5-9)26-17-25-8-15(21)16(27-17)13-3-2-11(19)7-14(13)20/h2-8H,1H2,(H,25,26,27). The Bertz CT molecular complexity index is 1000. The molecule has 1 N–H and O–H groups in total. The van der Waals surface area contributed by atoms with E-state index in [0.29, 0.717) is 6.07 Å². The number of aromatic nitrogens is 2. The number of alkyl halides is 3. The van der Waals surface area contributed by atoms with E-state index in [1.807, 2.05) is 0 Å². The first-order chi connectivity index (χ1) is 12.6. The number of anilines is 2. The molecule has 1 aromatic heterocycles. The van der Waals surface area contributed by atoms with E-state index in [4.69, 9.17) is 0 Å². The van der Waals surface area contributed by atoms with E-state index in [0.717, 1.165) is 30.5 Å². The number of rotatable bonds is 3. The second-order valence-electron chi connectivity index (χ2n) is 5.56. The van der Waals surface area contributed by atoms with E-state index in [1.165, 1.54) is 6.07 Å². The Morgan fingerprint density at radius 1 is 0.926 bits per heavy atom. The second-order valence-corrected chi connectivity index (χ2v) is 5.56. The molecule has 0 unspecified atom stereocenters. The van der Waals surface area contributed by atoms with Crippen molar-refractivity contribution in [3.63, 3.8) is 0 Å². The summed E-state index contributed by atoms with van der Waals surface area (Å²) in [4.78, 5) is 7.42.